The summed E-state index contributed by atoms with van der Waals surface area (Å²) in [5.41, 5.74) is 28.1. The molecule has 4 aliphatic rings. The second kappa shape index (κ2) is 32.4. The number of primary amides is 2. The van der Waals surface area contributed by atoms with Crippen molar-refractivity contribution in [3.05, 3.63) is 146 Å². The Labute approximate surface area is 612 Å². The van der Waals surface area contributed by atoms with E-state index in [-0.39, 0.29) is 59.4 Å². The summed E-state index contributed by atoms with van der Waals surface area (Å²) in [4.78, 5) is 109. The number of amides is 6. The van der Waals surface area contributed by atoms with Gasteiger partial charge in [0.15, 0.2) is 0 Å². The van der Waals surface area contributed by atoms with Crippen molar-refractivity contribution >= 4 is 90.4 Å². The second-order valence-corrected chi connectivity index (χ2v) is 29.1. The number of imidazole rings is 2. The number of fused-ring (bicyclic) bond motifs is 6. The van der Waals surface area contributed by atoms with E-state index >= 15 is 0 Å². The first kappa shape index (κ1) is 73.1. The molecular formula is C76H96N20O8S. The van der Waals surface area contributed by atoms with Crippen LogP contribution in [-0.2, 0) is 43.8 Å². The van der Waals surface area contributed by atoms with Gasteiger partial charge in [0, 0.05) is 119 Å². The van der Waals surface area contributed by atoms with Crippen LogP contribution in [0.25, 0.3) is 32.3 Å². The molecular weight excluding hydrogens is 1350 g/mol. The van der Waals surface area contributed by atoms with Crippen LogP contribution in [0.5, 0.6) is 11.5 Å². The number of H-pyrrole nitrogens is 2. The monoisotopic (exact) mass is 1450 g/mol. The summed E-state index contributed by atoms with van der Waals surface area (Å²) in [6.45, 7) is 18.5. The summed E-state index contributed by atoms with van der Waals surface area (Å²) < 4.78 is 19.1. The van der Waals surface area contributed by atoms with Crippen molar-refractivity contribution < 1.29 is 38.2 Å². The van der Waals surface area contributed by atoms with Crippen LogP contribution in [0, 0.1) is 13.8 Å². The fraction of sp³-hybridized carbons (Fsp3) is 0.461. The van der Waals surface area contributed by atoms with Gasteiger partial charge in [-0.05, 0) is 164 Å². The van der Waals surface area contributed by atoms with E-state index in [1.54, 1.807) is 55.8 Å². The molecule has 28 nitrogen and oxygen atoms in total. The molecule has 1 unspecified atom stereocenters. The average molecular weight is 1450 g/mol. The fourth-order valence-electron chi connectivity index (χ4n) is 15.2. The van der Waals surface area contributed by atoms with Gasteiger partial charge in [-0.15, -0.1) is 11.3 Å². The summed E-state index contributed by atoms with van der Waals surface area (Å²) in [7, 11) is 1.47. The Bertz CT molecular complexity index is 4930. The van der Waals surface area contributed by atoms with E-state index in [9.17, 15) is 28.8 Å². The number of rotatable bonds is 29. The molecule has 29 heteroatoms. The minimum atomic E-state index is -0.666. The number of ether oxygens (including phenoxy) is 2. The summed E-state index contributed by atoms with van der Waals surface area (Å²) in [5.74, 6) is -1.88. The van der Waals surface area contributed by atoms with Crippen molar-refractivity contribution in [3.8, 4) is 11.5 Å². The highest BCUT2D eigenvalue weighted by atomic mass is 32.1. The highest BCUT2D eigenvalue weighted by molar-refractivity contribution is 7.21. The van der Waals surface area contributed by atoms with Crippen LogP contribution in [0.3, 0.4) is 0 Å². The standard InChI is InChI=1S/C76H96N20O8S/c1-7-95-60(35-45(3)88-95)71(100)86-75-84-58-39-50(69(78)98)41-62(103-6)66(58)93(75)28-14-15-29-94-67-59(85-76(94)87-72(101)61-36-46(4)89-96(61)8-2)40-51(70(79)99)42-63(67)104-34-16-27-91-32-30-90(31-33-91)26-13-11-9-10-12-17-64(97)80-47(5)57-25-24-56-65(77)68(105-74(56)83-57)73(102)82-52-20-18-49-38-55(23-19-48(49)37-52)92-43-53-21-22-54(44-92)81-53/h14-15,19,23-25,35-36,38-42,47,52-54,81H,7-13,16-18,20-22,26-34,37,43-44,77H2,1-6H3,(H2,78,98)(H2,79,99)(H,80,97)(H,82,102)(H,84,86,100)(H,85,87,101)/b15-14+/t47?,52-,53-,54+/m0/s1. The lowest BCUT2D eigenvalue weighted by atomic mass is 9.87. The number of aromatic nitrogens is 9. The summed E-state index contributed by atoms with van der Waals surface area (Å²) in [6.07, 6.45) is 15.0. The van der Waals surface area contributed by atoms with Crippen molar-refractivity contribution in [1.82, 2.24) is 69.4 Å². The molecule has 3 saturated heterocycles. The molecule has 9 aromatic rings. The molecule has 13 rings (SSSR count). The molecule has 2 bridgehead atoms. The first-order valence-electron chi connectivity index (χ1n) is 36.9. The van der Waals surface area contributed by atoms with Gasteiger partial charge in [-0.2, -0.15) is 20.2 Å². The average Bonchev–Trinajstić information content (AvgIpc) is 1.64. The van der Waals surface area contributed by atoms with Gasteiger partial charge < -0.3 is 76.4 Å². The Balaban J connectivity index is 0.573. The number of aryl methyl sites for hydroxylation is 5. The first-order valence-corrected chi connectivity index (χ1v) is 37.7. The van der Waals surface area contributed by atoms with Crippen molar-refractivity contribution in [3.63, 3.8) is 0 Å². The number of anilines is 2. The quantitative estimate of drug-likeness (QED) is 0.0169. The van der Waals surface area contributed by atoms with Gasteiger partial charge in [0.2, 0.25) is 29.0 Å². The van der Waals surface area contributed by atoms with Crippen molar-refractivity contribution in [2.45, 2.75) is 162 Å². The van der Waals surface area contributed by atoms with Crippen LogP contribution in [0.4, 0.5) is 11.4 Å². The Morgan fingerprint density at radius 3 is 1.89 bits per heavy atom. The van der Waals surface area contributed by atoms with E-state index in [4.69, 9.17) is 31.7 Å². The number of hydrogen-bond acceptors (Lipinski definition) is 17. The van der Waals surface area contributed by atoms with E-state index in [0.717, 1.165) is 115 Å². The molecule has 3 aliphatic heterocycles. The molecule has 3 fully saturated rings. The number of nitrogens with zero attached hydrogens (tertiary/aromatic N) is 12. The maximum atomic E-state index is 14.1. The number of carbonyl (C=O) groups excluding carboxylic acids is 6. The Kier molecular flexibility index (Phi) is 22.6. The van der Waals surface area contributed by atoms with Crippen LogP contribution in [-0.4, -0.2) is 173 Å². The highest BCUT2D eigenvalue weighted by Gasteiger charge is 2.33. The van der Waals surface area contributed by atoms with E-state index in [1.165, 1.54) is 54.2 Å². The number of nitrogens with two attached hydrogens (primary N) is 3. The fourth-order valence-corrected chi connectivity index (χ4v) is 16.2. The maximum absolute atomic E-state index is 14.1. The number of hydrogen-bond donors (Lipinski definition) is 8. The molecule has 6 amide bonds. The number of piperazine rings is 2. The van der Waals surface area contributed by atoms with Crippen LogP contribution in [0.1, 0.15) is 171 Å². The zero-order chi connectivity index (χ0) is 73.6. The maximum Gasteiger partial charge on any atom is 0.298 e. The lowest BCUT2D eigenvalue weighted by Crippen LogP contribution is -2.51. The summed E-state index contributed by atoms with van der Waals surface area (Å²) in [6, 6.07) is 21.3. The number of pyridine rings is 1. The molecule has 554 valence electrons. The second-order valence-electron chi connectivity index (χ2n) is 28.1. The smallest absolute Gasteiger partial charge is 0.298 e. The minimum Gasteiger partial charge on any atom is -0.494 e. The number of nitrogens with one attached hydrogen (secondary N) is 5. The highest BCUT2D eigenvalue weighted by Crippen LogP contribution is 2.36. The van der Waals surface area contributed by atoms with Gasteiger partial charge in [-0.1, -0.05) is 37.5 Å². The zero-order valence-corrected chi connectivity index (χ0v) is 61.6. The van der Waals surface area contributed by atoms with Crippen molar-refractivity contribution in [2.75, 3.05) is 76.7 Å². The molecule has 1 aliphatic carbocycles. The van der Waals surface area contributed by atoms with Gasteiger partial charge in [0.25, 0.3) is 17.7 Å². The molecule has 11 N–H and O–H groups in total. The molecule has 0 saturated carbocycles. The Morgan fingerprint density at radius 1 is 0.705 bits per heavy atom. The molecule has 4 atom stereocenters. The van der Waals surface area contributed by atoms with Crippen LogP contribution in [0.2, 0.25) is 0 Å². The molecule has 9 heterocycles. The normalized spacial score (nSPS) is 17.7. The van der Waals surface area contributed by atoms with Gasteiger partial charge in [0.05, 0.1) is 53.6 Å². The number of carbonyl (C=O) groups is 6. The van der Waals surface area contributed by atoms with E-state index < -0.39 is 23.6 Å². The number of benzene rings is 3. The number of unbranched alkanes of at least 4 members (excludes halogenated alkanes) is 4. The number of aromatic amines is 2. The third kappa shape index (κ3) is 16.7. The predicted molar refractivity (Wildman–Crippen MR) is 404 cm³/mol. The molecule has 0 spiro atoms. The minimum absolute atomic E-state index is 0.00958. The Morgan fingerprint density at radius 2 is 1.29 bits per heavy atom. The topological polar surface area (TPSA) is 359 Å². The molecule has 0 radical (unpaired) electrons. The number of allylic oxidation sites excluding steroid dienone is 2. The van der Waals surface area contributed by atoms with E-state index in [0.29, 0.717) is 116 Å². The van der Waals surface area contributed by atoms with E-state index in [2.05, 4.69) is 79.0 Å². The van der Waals surface area contributed by atoms with Gasteiger partial charge in [-0.3, -0.25) is 38.1 Å². The predicted octanol–water partition coefficient (Wildman–Crippen LogP) is 7.27. The molecule has 3 aromatic carbocycles. The van der Waals surface area contributed by atoms with Crippen molar-refractivity contribution in [1.29, 1.82) is 0 Å². The zero-order valence-electron chi connectivity index (χ0n) is 60.8. The number of thiophene rings is 1. The SMILES string of the molecule is CCn1nc(C)cc1C(=O)/N=c1/[nH]c2cc(C(N)=O)cc(OC)c2n1C/C=C/Cn1/c(=N\C(=O)c2cc(C)nn2CC)[nH]c2cc(C(N)=O)cc(OCCCN3CCN(CCCCCCCC(=O)NC(C)c4ccc5c(N)c(C(=O)N[C@H]6CCc7cc(N8C[C@H]9CC[C@@H](C8)N9)ccc7C6)sc5n4)CC3)c21. The van der Waals surface area contributed by atoms with Crippen LogP contribution < -0.4 is 58.8 Å². The third-order valence-corrected chi connectivity index (χ3v) is 21.8. The summed E-state index contributed by atoms with van der Waals surface area (Å²) >= 11 is 1.30. The number of methoxy groups -OCH3 is 1. The van der Waals surface area contributed by atoms with Crippen LogP contribution >= 0.6 is 11.3 Å². The van der Waals surface area contributed by atoms with Gasteiger partial charge in [-0.25, -0.2) is 4.98 Å². The number of nitrogen functional groups attached to an aromatic ring is 1. The summed E-state index contributed by atoms with van der Waals surface area (Å²) in [5, 5.41) is 19.8. The largest absolute Gasteiger partial charge is 0.494 e. The lowest BCUT2D eigenvalue weighted by molar-refractivity contribution is -0.121. The van der Waals surface area contributed by atoms with Gasteiger partial charge >= 0.3 is 0 Å². The van der Waals surface area contributed by atoms with Crippen molar-refractivity contribution in [2.24, 2.45) is 21.5 Å². The first-order chi connectivity index (χ1) is 50.8. The third-order valence-electron chi connectivity index (χ3n) is 20.7. The van der Waals surface area contributed by atoms with Crippen LogP contribution in [0.15, 0.2) is 88.9 Å². The van der Waals surface area contributed by atoms with Gasteiger partial charge in [0.1, 0.15) is 43.6 Å². The Hall–Kier alpha value is -10.2. The molecule has 105 heavy (non-hydrogen) atoms. The molecule has 6 aromatic heterocycles. The lowest BCUT2D eigenvalue weighted by Gasteiger charge is -2.35. The van der Waals surface area contributed by atoms with E-state index in [1.807, 2.05) is 52.0 Å².